The number of hydrogen-bond acceptors (Lipinski definition) is 4. The molecule has 0 aromatic heterocycles. The number of ether oxygens (including phenoxy) is 1. The number of carbonyl (C=O) groups is 2. The van der Waals surface area contributed by atoms with Crippen molar-refractivity contribution in [3.05, 3.63) is 0 Å². The first kappa shape index (κ1) is 17.1. The number of amides is 2. The van der Waals surface area contributed by atoms with Gasteiger partial charge in [-0.3, -0.25) is 4.79 Å². The van der Waals surface area contributed by atoms with Gasteiger partial charge in [0, 0.05) is 18.1 Å². The largest absolute Gasteiger partial charge is 0.444 e. The first-order valence-electron chi connectivity index (χ1n) is 8.34. The second kappa shape index (κ2) is 7.31. The summed E-state index contributed by atoms with van der Waals surface area (Å²) in [4.78, 5) is 23.4. The molecule has 0 radical (unpaired) electrons. The Morgan fingerprint density at radius 1 is 0.909 bits per heavy atom. The highest BCUT2D eigenvalue weighted by Gasteiger charge is 2.26. The lowest BCUT2D eigenvalue weighted by Gasteiger charge is -2.30. The van der Waals surface area contributed by atoms with Gasteiger partial charge in [-0.25, -0.2) is 4.79 Å². The molecule has 2 saturated carbocycles. The molecule has 0 heterocycles. The van der Waals surface area contributed by atoms with Crippen LogP contribution < -0.4 is 16.0 Å². The molecule has 0 unspecified atom stereocenters. The summed E-state index contributed by atoms with van der Waals surface area (Å²) in [5.74, 6) is 0.0940. The highest BCUT2D eigenvalue weighted by Crippen LogP contribution is 2.20. The van der Waals surface area contributed by atoms with E-state index in [0.717, 1.165) is 38.5 Å². The van der Waals surface area contributed by atoms with Gasteiger partial charge >= 0.3 is 6.09 Å². The summed E-state index contributed by atoms with van der Waals surface area (Å²) < 4.78 is 5.27. The quantitative estimate of drug-likeness (QED) is 0.722. The molecular formula is C16H29N3O3. The Morgan fingerprint density at radius 3 is 1.95 bits per heavy atom. The Hall–Kier alpha value is -1.30. The van der Waals surface area contributed by atoms with Crippen molar-refractivity contribution >= 4 is 12.0 Å². The van der Waals surface area contributed by atoms with Crippen LogP contribution in [0.4, 0.5) is 4.79 Å². The fraction of sp³-hybridized carbons (Fsp3) is 0.875. The van der Waals surface area contributed by atoms with E-state index in [1.54, 1.807) is 0 Å². The first-order valence-corrected chi connectivity index (χ1v) is 8.34. The normalized spacial score (nSPS) is 25.4. The van der Waals surface area contributed by atoms with Crippen LogP contribution in [0.2, 0.25) is 0 Å². The van der Waals surface area contributed by atoms with Crippen LogP contribution in [0.15, 0.2) is 0 Å². The molecule has 2 amide bonds. The van der Waals surface area contributed by atoms with Crippen LogP contribution in [0.25, 0.3) is 0 Å². The minimum Gasteiger partial charge on any atom is -0.444 e. The summed E-state index contributed by atoms with van der Waals surface area (Å²) in [6, 6.07) is 0.956. The second-order valence-corrected chi connectivity index (χ2v) is 7.42. The van der Waals surface area contributed by atoms with Crippen LogP contribution in [0.3, 0.4) is 0 Å². The maximum absolute atomic E-state index is 11.7. The van der Waals surface area contributed by atoms with Crippen LogP contribution in [0, 0.1) is 0 Å². The van der Waals surface area contributed by atoms with Gasteiger partial charge in [0.25, 0.3) is 0 Å². The van der Waals surface area contributed by atoms with E-state index in [1.165, 1.54) is 0 Å². The molecule has 0 atom stereocenters. The number of carbonyl (C=O) groups excluding carboxylic acids is 2. The van der Waals surface area contributed by atoms with Crippen LogP contribution in [-0.2, 0) is 9.53 Å². The smallest absolute Gasteiger partial charge is 0.407 e. The van der Waals surface area contributed by atoms with E-state index < -0.39 is 5.60 Å². The first-order chi connectivity index (χ1) is 10.3. The van der Waals surface area contributed by atoms with Crippen molar-refractivity contribution in [2.75, 3.05) is 6.54 Å². The van der Waals surface area contributed by atoms with E-state index in [4.69, 9.17) is 4.74 Å². The van der Waals surface area contributed by atoms with Crippen molar-refractivity contribution in [3.63, 3.8) is 0 Å². The SMILES string of the molecule is CC(C)(C)OC(=O)NC1CCC(NCC(=O)NC2CC2)CC1. The van der Waals surface area contributed by atoms with Gasteiger partial charge in [-0.1, -0.05) is 0 Å². The van der Waals surface area contributed by atoms with Gasteiger partial charge in [-0.05, 0) is 59.3 Å². The molecule has 0 aromatic carbocycles. The van der Waals surface area contributed by atoms with Gasteiger partial charge in [0.1, 0.15) is 5.60 Å². The molecule has 2 aliphatic carbocycles. The fourth-order valence-electron chi connectivity index (χ4n) is 2.66. The van der Waals surface area contributed by atoms with Crippen molar-refractivity contribution in [1.29, 1.82) is 0 Å². The van der Waals surface area contributed by atoms with Gasteiger partial charge in [-0.2, -0.15) is 0 Å². The average molecular weight is 311 g/mol. The van der Waals surface area contributed by atoms with Crippen LogP contribution >= 0.6 is 0 Å². The van der Waals surface area contributed by atoms with Crippen LogP contribution in [0.1, 0.15) is 59.3 Å². The number of nitrogens with one attached hydrogen (secondary N) is 3. The molecule has 0 aromatic rings. The lowest BCUT2D eigenvalue weighted by molar-refractivity contribution is -0.120. The highest BCUT2D eigenvalue weighted by atomic mass is 16.6. The Labute approximate surface area is 132 Å². The number of hydrogen-bond donors (Lipinski definition) is 3. The Kier molecular flexibility index (Phi) is 5.67. The molecule has 0 spiro atoms. The zero-order valence-electron chi connectivity index (χ0n) is 13.9. The number of rotatable bonds is 5. The minimum absolute atomic E-state index is 0.0940. The molecule has 6 heteroatoms. The zero-order valence-corrected chi connectivity index (χ0v) is 13.9. The van der Waals surface area contributed by atoms with Gasteiger partial charge in [0.05, 0.1) is 6.54 Å². The molecule has 0 aliphatic heterocycles. The summed E-state index contributed by atoms with van der Waals surface area (Å²) in [6.07, 6.45) is 5.67. The van der Waals surface area contributed by atoms with Crippen molar-refractivity contribution in [2.24, 2.45) is 0 Å². The summed E-state index contributed by atoms with van der Waals surface area (Å²) in [5.41, 5.74) is -0.461. The zero-order chi connectivity index (χ0) is 16.2. The van der Waals surface area contributed by atoms with Crippen molar-refractivity contribution < 1.29 is 14.3 Å². The molecule has 0 saturated heterocycles. The summed E-state index contributed by atoms with van der Waals surface area (Å²) >= 11 is 0. The molecule has 6 nitrogen and oxygen atoms in total. The molecular weight excluding hydrogens is 282 g/mol. The molecule has 22 heavy (non-hydrogen) atoms. The maximum atomic E-state index is 11.7. The topological polar surface area (TPSA) is 79.5 Å². The molecule has 126 valence electrons. The predicted molar refractivity (Wildman–Crippen MR) is 84.6 cm³/mol. The van der Waals surface area contributed by atoms with E-state index in [-0.39, 0.29) is 18.0 Å². The summed E-state index contributed by atoms with van der Waals surface area (Å²) in [7, 11) is 0. The lowest BCUT2D eigenvalue weighted by atomic mass is 9.91. The third-order valence-corrected chi connectivity index (χ3v) is 3.94. The molecule has 2 rings (SSSR count). The average Bonchev–Trinajstić information content (AvgIpc) is 3.19. The third-order valence-electron chi connectivity index (χ3n) is 3.94. The van der Waals surface area contributed by atoms with Crippen LogP contribution in [-0.4, -0.2) is 42.3 Å². The molecule has 2 aliphatic rings. The molecule has 0 bridgehead atoms. The molecule has 3 N–H and O–H groups in total. The summed E-state index contributed by atoms with van der Waals surface area (Å²) in [6.45, 7) is 5.98. The van der Waals surface area contributed by atoms with Crippen molar-refractivity contribution in [3.8, 4) is 0 Å². The number of alkyl carbamates (subject to hydrolysis) is 1. The maximum Gasteiger partial charge on any atom is 0.407 e. The Morgan fingerprint density at radius 2 is 1.41 bits per heavy atom. The van der Waals surface area contributed by atoms with Crippen molar-refractivity contribution in [1.82, 2.24) is 16.0 Å². The van der Waals surface area contributed by atoms with Gasteiger partial charge < -0.3 is 20.7 Å². The lowest BCUT2D eigenvalue weighted by Crippen LogP contribution is -2.46. The minimum atomic E-state index is -0.461. The van der Waals surface area contributed by atoms with E-state index in [1.807, 2.05) is 20.8 Å². The van der Waals surface area contributed by atoms with Crippen LogP contribution in [0.5, 0.6) is 0 Å². The second-order valence-electron chi connectivity index (χ2n) is 7.42. The van der Waals surface area contributed by atoms with E-state index in [0.29, 0.717) is 18.6 Å². The van der Waals surface area contributed by atoms with Crippen molar-refractivity contribution in [2.45, 2.75) is 83.0 Å². The van der Waals surface area contributed by atoms with E-state index in [9.17, 15) is 9.59 Å². The molecule has 2 fully saturated rings. The van der Waals surface area contributed by atoms with E-state index >= 15 is 0 Å². The Bertz CT molecular complexity index is 394. The summed E-state index contributed by atoms with van der Waals surface area (Å²) in [5, 5.41) is 9.21. The van der Waals surface area contributed by atoms with Gasteiger partial charge in [0.2, 0.25) is 5.91 Å². The third kappa shape index (κ3) is 6.64. The Balaban J connectivity index is 1.58. The van der Waals surface area contributed by atoms with Gasteiger partial charge in [0.15, 0.2) is 0 Å². The van der Waals surface area contributed by atoms with E-state index in [2.05, 4.69) is 16.0 Å². The highest BCUT2D eigenvalue weighted by molar-refractivity contribution is 5.78. The standard InChI is InChI=1S/C16H29N3O3/c1-16(2,3)22-15(21)19-13-6-4-11(5-7-13)17-10-14(20)18-12-8-9-12/h11-13,17H,4-10H2,1-3H3,(H,18,20)(H,19,21). The predicted octanol–water partition coefficient (Wildman–Crippen LogP) is 1.69. The van der Waals surface area contributed by atoms with Gasteiger partial charge in [-0.15, -0.1) is 0 Å². The fourth-order valence-corrected chi connectivity index (χ4v) is 2.66. The monoisotopic (exact) mass is 311 g/mol.